The first kappa shape index (κ1) is 20.0. The molecular weight excluding hydrogens is 376 g/mol. The number of pyridine rings is 2. The van der Waals surface area contributed by atoms with E-state index in [2.05, 4.69) is 14.9 Å². The maximum atomic E-state index is 13.3. The Bertz CT molecular complexity index is 976. The van der Waals surface area contributed by atoms with Crippen molar-refractivity contribution in [1.82, 2.24) is 19.8 Å². The van der Waals surface area contributed by atoms with Crippen LogP contribution in [0.2, 0.25) is 0 Å². The number of nitrogens with zero attached hydrogens (tertiary/aromatic N) is 4. The average molecular weight is 402 g/mol. The molecule has 1 fully saturated rings. The first-order valence-corrected chi connectivity index (χ1v) is 10.3. The number of benzene rings is 1. The summed E-state index contributed by atoms with van der Waals surface area (Å²) < 4.78 is 5.93. The van der Waals surface area contributed by atoms with E-state index in [9.17, 15) is 4.79 Å². The summed E-state index contributed by atoms with van der Waals surface area (Å²) in [6.45, 7) is 5.98. The molecule has 1 saturated heterocycles. The summed E-state index contributed by atoms with van der Waals surface area (Å²) in [6.07, 6.45) is 4.39. The van der Waals surface area contributed by atoms with Crippen molar-refractivity contribution in [2.24, 2.45) is 0 Å². The van der Waals surface area contributed by atoms with Crippen LogP contribution in [0.15, 0.2) is 67.0 Å². The minimum atomic E-state index is -0.0371. The lowest BCUT2D eigenvalue weighted by Crippen LogP contribution is -2.35. The van der Waals surface area contributed by atoms with Crippen molar-refractivity contribution < 1.29 is 9.53 Å². The fraction of sp³-hybridized carbons (Fsp3) is 0.292. The Kier molecular flexibility index (Phi) is 6.35. The zero-order chi connectivity index (χ0) is 20.8. The minimum Gasteiger partial charge on any atom is -0.438 e. The lowest BCUT2D eigenvalue weighted by molar-refractivity contribution is 0.0757. The molecule has 6 heteroatoms. The quantitative estimate of drug-likeness (QED) is 0.647. The van der Waals surface area contributed by atoms with E-state index in [1.165, 1.54) is 0 Å². The largest absolute Gasteiger partial charge is 0.438 e. The van der Waals surface area contributed by atoms with E-state index in [1.54, 1.807) is 18.3 Å². The predicted octanol–water partition coefficient (Wildman–Crippen LogP) is 3.93. The second-order valence-corrected chi connectivity index (χ2v) is 7.51. The third-order valence-electron chi connectivity index (χ3n) is 5.22. The van der Waals surface area contributed by atoms with Crippen LogP contribution in [-0.2, 0) is 6.54 Å². The molecule has 0 radical (unpaired) electrons. The van der Waals surface area contributed by atoms with Crippen molar-refractivity contribution in [2.75, 3.05) is 26.2 Å². The Labute approximate surface area is 177 Å². The highest BCUT2D eigenvalue weighted by atomic mass is 16.5. The number of amides is 1. The molecule has 0 N–H and O–H groups in total. The molecule has 4 rings (SSSR count). The molecule has 3 aromatic rings. The lowest BCUT2D eigenvalue weighted by Gasteiger charge is -2.22. The fourth-order valence-electron chi connectivity index (χ4n) is 3.58. The van der Waals surface area contributed by atoms with Crippen LogP contribution < -0.4 is 4.74 Å². The lowest BCUT2D eigenvalue weighted by atomic mass is 10.2. The molecule has 1 aliphatic heterocycles. The topological polar surface area (TPSA) is 58.6 Å². The normalized spacial score (nSPS) is 14.9. The van der Waals surface area contributed by atoms with E-state index < -0.39 is 0 Å². The minimum absolute atomic E-state index is 0.0371. The third-order valence-corrected chi connectivity index (χ3v) is 5.22. The predicted molar refractivity (Wildman–Crippen MR) is 116 cm³/mol. The van der Waals surface area contributed by atoms with Gasteiger partial charge in [0.2, 0.25) is 5.88 Å². The molecule has 0 unspecified atom stereocenters. The Morgan fingerprint density at radius 3 is 2.57 bits per heavy atom. The van der Waals surface area contributed by atoms with E-state index >= 15 is 0 Å². The summed E-state index contributed by atoms with van der Waals surface area (Å²) in [6, 6.07) is 17.3. The van der Waals surface area contributed by atoms with E-state index in [0.29, 0.717) is 23.7 Å². The molecule has 6 nitrogen and oxygen atoms in total. The summed E-state index contributed by atoms with van der Waals surface area (Å²) in [5.41, 5.74) is 2.70. The van der Waals surface area contributed by atoms with E-state index in [0.717, 1.165) is 43.9 Å². The van der Waals surface area contributed by atoms with Gasteiger partial charge in [0.1, 0.15) is 11.3 Å². The maximum Gasteiger partial charge on any atom is 0.259 e. The van der Waals surface area contributed by atoms with Crippen LogP contribution in [0.4, 0.5) is 0 Å². The van der Waals surface area contributed by atoms with Crippen LogP contribution in [0, 0.1) is 6.92 Å². The van der Waals surface area contributed by atoms with Gasteiger partial charge in [0.25, 0.3) is 5.91 Å². The van der Waals surface area contributed by atoms with Crippen molar-refractivity contribution in [3.05, 3.63) is 83.8 Å². The molecule has 0 aliphatic carbocycles. The van der Waals surface area contributed by atoms with Crippen LogP contribution in [0.3, 0.4) is 0 Å². The smallest absolute Gasteiger partial charge is 0.259 e. The summed E-state index contributed by atoms with van der Waals surface area (Å²) >= 11 is 0. The zero-order valence-corrected chi connectivity index (χ0v) is 17.2. The maximum absolute atomic E-state index is 13.3. The van der Waals surface area contributed by atoms with Crippen LogP contribution in [0.1, 0.15) is 28.0 Å². The number of carbonyl (C=O) groups excluding carboxylic acids is 1. The molecule has 3 heterocycles. The summed E-state index contributed by atoms with van der Waals surface area (Å²) in [5.74, 6) is 0.983. The van der Waals surface area contributed by atoms with E-state index in [1.807, 2.05) is 60.5 Å². The summed E-state index contributed by atoms with van der Waals surface area (Å²) in [7, 11) is 0. The molecule has 0 bridgehead atoms. The standard InChI is InChI=1S/C24H26N4O2/c1-19-8-10-21(11-9-19)30-23-22(7-4-13-26-23)24(29)28-15-5-14-27(16-17-28)18-20-6-2-3-12-25-20/h2-4,6-13H,5,14-18H2,1H3. The number of hydrogen-bond acceptors (Lipinski definition) is 5. The first-order chi connectivity index (χ1) is 14.7. The number of aromatic nitrogens is 2. The Balaban J connectivity index is 1.43. The molecule has 0 saturated carbocycles. The second-order valence-electron chi connectivity index (χ2n) is 7.51. The van der Waals surface area contributed by atoms with Crippen molar-refractivity contribution in [3.63, 3.8) is 0 Å². The molecule has 1 aliphatic rings. The molecule has 1 amide bonds. The van der Waals surface area contributed by atoms with Gasteiger partial charge in [-0.3, -0.25) is 14.7 Å². The van der Waals surface area contributed by atoms with Crippen LogP contribution >= 0.6 is 0 Å². The van der Waals surface area contributed by atoms with Gasteiger partial charge >= 0.3 is 0 Å². The van der Waals surface area contributed by atoms with Gasteiger partial charge in [-0.25, -0.2) is 4.98 Å². The molecule has 154 valence electrons. The van der Waals surface area contributed by atoms with Gasteiger partial charge in [0.05, 0.1) is 5.69 Å². The van der Waals surface area contributed by atoms with E-state index in [4.69, 9.17) is 4.74 Å². The Morgan fingerprint density at radius 2 is 1.77 bits per heavy atom. The molecule has 0 spiro atoms. The van der Waals surface area contributed by atoms with Crippen LogP contribution in [-0.4, -0.2) is 51.9 Å². The van der Waals surface area contributed by atoms with Crippen molar-refractivity contribution in [3.8, 4) is 11.6 Å². The highest BCUT2D eigenvalue weighted by molar-refractivity contribution is 5.96. The number of carbonyl (C=O) groups is 1. The van der Waals surface area contributed by atoms with Gasteiger partial charge in [-0.15, -0.1) is 0 Å². The molecular formula is C24H26N4O2. The number of hydrogen-bond donors (Lipinski definition) is 0. The monoisotopic (exact) mass is 402 g/mol. The molecule has 2 aromatic heterocycles. The van der Waals surface area contributed by atoms with Gasteiger partial charge in [0.15, 0.2) is 0 Å². The Hall–Kier alpha value is -3.25. The Morgan fingerprint density at radius 1 is 0.933 bits per heavy atom. The van der Waals surface area contributed by atoms with Gasteiger partial charge in [-0.2, -0.15) is 0 Å². The highest BCUT2D eigenvalue weighted by Crippen LogP contribution is 2.24. The molecule has 0 atom stereocenters. The molecule has 1 aromatic carbocycles. The second kappa shape index (κ2) is 9.50. The number of aryl methyl sites for hydroxylation is 1. The summed E-state index contributed by atoms with van der Waals surface area (Å²) in [5, 5.41) is 0. The van der Waals surface area contributed by atoms with Crippen molar-refractivity contribution in [1.29, 1.82) is 0 Å². The fourth-order valence-corrected chi connectivity index (χ4v) is 3.58. The number of rotatable bonds is 5. The van der Waals surface area contributed by atoms with Gasteiger partial charge in [-0.05, 0) is 49.7 Å². The highest BCUT2D eigenvalue weighted by Gasteiger charge is 2.23. The van der Waals surface area contributed by atoms with E-state index in [-0.39, 0.29) is 5.91 Å². The SMILES string of the molecule is Cc1ccc(Oc2ncccc2C(=O)N2CCCN(Cc3ccccn3)CC2)cc1. The van der Waals surface area contributed by atoms with Crippen molar-refractivity contribution in [2.45, 2.75) is 19.9 Å². The molecule has 30 heavy (non-hydrogen) atoms. The zero-order valence-electron chi connectivity index (χ0n) is 17.2. The average Bonchev–Trinajstić information content (AvgIpc) is 3.02. The summed E-state index contributed by atoms with van der Waals surface area (Å²) in [4.78, 5) is 26.2. The van der Waals surface area contributed by atoms with Crippen LogP contribution in [0.25, 0.3) is 0 Å². The van der Waals surface area contributed by atoms with Crippen LogP contribution in [0.5, 0.6) is 11.6 Å². The van der Waals surface area contributed by atoms with Crippen molar-refractivity contribution >= 4 is 5.91 Å². The van der Waals surface area contributed by atoms with Gasteiger partial charge < -0.3 is 9.64 Å². The first-order valence-electron chi connectivity index (χ1n) is 10.3. The third kappa shape index (κ3) is 5.02. The van der Waals surface area contributed by atoms with Gasteiger partial charge in [-0.1, -0.05) is 23.8 Å². The van der Waals surface area contributed by atoms with Gasteiger partial charge in [0, 0.05) is 45.1 Å². The number of ether oxygens (including phenoxy) is 1.